The fraction of sp³-hybridized carbons (Fsp3) is 0.414. The average Bonchev–Trinajstić information content (AvgIpc) is 3.36. The largest absolute Gasteiger partial charge is 0.436 e. The van der Waals surface area contributed by atoms with E-state index >= 15 is 0 Å². The molecule has 0 aliphatic carbocycles. The fourth-order valence-electron chi connectivity index (χ4n) is 4.05. The van der Waals surface area contributed by atoms with Crippen molar-refractivity contribution in [2.75, 3.05) is 33.5 Å². The molecule has 42 heavy (non-hydrogen) atoms. The number of amides is 3. The van der Waals surface area contributed by atoms with Crippen LogP contribution in [0.15, 0.2) is 41.3 Å². The van der Waals surface area contributed by atoms with Crippen LogP contribution in [0.25, 0.3) is 10.9 Å². The zero-order chi connectivity index (χ0) is 31.1. The number of carbonyl (C=O) groups excluding carboxylic acids is 3. The van der Waals surface area contributed by atoms with Crippen LogP contribution in [0.5, 0.6) is 0 Å². The van der Waals surface area contributed by atoms with E-state index in [1.54, 1.807) is 26.2 Å². The number of aromatic nitrogens is 3. The number of aromatic amines is 1. The van der Waals surface area contributed by atoms with Gasteiger partial charge in [-0.2, -0.15) is 0 Å². The van der Waals surface area contributed by atoms with Gasteiger partial charge in [-0.05, 0) is 49.5 Å². The van der Waals surface area contributed by atoms with Gasteiger partial charge >= 0.3 is 6.09 Å². The minimum atomic E-state index is -1.24. The molecule has 3 amide bonds. The average molecular weight is 603 g/mol. The van der Waals surface area contributed by atoms with E-state index in [2.05, 4.69) is 15.3 Å². The lowest BCUT2D eigenvalue weighted by Gasteiger charge is -2.20. The zero-order valence-corrected chi connectivity index (χ0v) is 25.3. The molecule has 0 fully saturated rings. The van der Waals surface area contributed by atoms with E-state index in [0.717, 1.165) is 0 Å². The molecule has 13 heteroatoms. The Kier molecular flexibility index (Phi) is 10.9. The lowest BCUT2D eigenvalue weighted by Crippen LogP contribution is -2.37. The zero-order valence-electron chi connectivity index (χ0n) is 24.5. The maximum Gasteiger partial charge on any atom is 0.410 e. The first-order chi connectivity index (χ1) is 19.8. The molecule has 0 aliphatic heterocycles. The third-order valence-corrected chi connectivity index (χ3v) is 6.59. The van der Waals surface area contributed by atoms with Gasteiger partial charge in [-0.15, -0.1) is 0 Å². The summed E-state index contributed by atoms with van der Waals surface area (Å²) in [4.78, 5) is 60.5. The predicted octanol–water partition coefficient (Wildman–Crippen LogP) is 4.19. The topological polar surface area (TPSA) is 130 Å². The molecule has 0 aliphatic rings. The first-order valence-corrected chi connectivity index (χ1v) is 13.8. The summed E-state index contributed by atoms with van der Waals surface area (Å²) in [6.45, 7) is 4.05. The SMILES string of the molecule is CC(C)Cc1ncc(F)c2cc(Cn3c(Cl)ccc(NC(=O)[C@H](CC/C=C/C(=O)N(C)C)OC(=O)N(C)C)c3=O)[nH]c12. The van der Waals surface area contributed by atoms with E-state index in [1.807, 2.05) is 13.8 Å². The van der Waals surface area contributed by atoms with Crippen molar-refractivity contribution in [2.45, 2.75) is 45.8 Å². The van der Waals surface area contributed by atoms with Crippen LogP contribution >= 0.6 is 11.6 Å². The minimum Gasteiger partial charge on any atom is -0.436 e. The van der Waals surface area contributed by atoms with Crippen LogP contribution in [0, 0.1) is 11.7 Å². The minimum absolute atomic E-state index is 0.0274. The number of anilines is 1. The first kappa shape index (κ1) is 32.3. The van der Waals surface area contributed by atoms with Gasteiger partial charge in [-0.25, -0.2) is 9.18 Å². The number of carbonyl (C=O) groups is 3. The van der Waals surface area contributed by atoms with E-state index in [0.29, 0.717) is 34.6 Å². The highest BCUT2D eigenvalue weighted by Crippen LogP contribution is 2.24. The van der Waals surface area contributed by atoms with Gasteiger partial charge in [0.1, 0.15) is 10.8 Å². The molecule has 226 valence electrons. The number of halogens is 2. The van der Waals surface area contributed by atoms with Crippen molar-refractivity contribution in [2.24, 2.45) is 5.92 Å². The highest BCUT2D eigenvalue weighted by Gasteiger charge is 2.25. The normalized spacial score (nSPS) is 12.1. The molecule has 0 radical (unpaired) electrons. The third kappa shape index (κ3) is 8.19. The van der Waals surface area contributed by atoms with Crippen LogP contribution < -0.4 is 10.9 Å². The Hall–Kier alpha value is -4.19. The number of allylic oxidation sites excluding steroid dienone is 1. The van der Waals surface area contributed by atoms with E-state index in [-0.39, 0.29) is 36.1 Å². The second-order valence-electron chi connectivity index (χ2n) is 10.7. The summed E-state index contributed by atoms with van der Waals surface area (Å²) in [5.41, 5.74) is 1.10. The van der Waals surface area contributed by atoms with Crippen molar-refractivity contribution < 1.29 is 23.5 Å². The number of rotatable bonds is 11. The number of fused-ring (bicyclic) bond motifs is 1. The molecule has 2 N–H and O–H groups in total. The number of likely N-dealkylation sites (N-methyl/N-ethyl adjacent to an activating group) is 1. The molecule has 3 aromatic heterocycles. The third-order valence-electron chi connectivity index (χ3n) is 6.26. The Morgan fingerprint density at radius 2 is 1.90 bits per heavy atom. The molecule has 11 nitrogen and oxygen atoms in total. The highest BCUT2D eigenvalue weighted by atomic mass is 35.5. The number of ether oxygens (including phenoxy) is 1. The van der Waals surface area contributed by atoms with Crippen molar-refractivity contribution in [1.82, 2.24) is 24.3 Å². The molecule has 0 bridgehead atoms. The summed E-state index contributed by atoms with van der Waals surface area (Å²) in [7, 11) is 6.17. The maximum absolute atomic E-state index is 14.5. The Balaban J connectivity index is 1.85. The van der Waals surface area contributed by atoms with Gasteiger partial charge in [0.15, 0.2) is 11.9 Å². The quantitative estimate of drug-likeness (QED) is 0.250. The predicted molar refractivity (Wildman–Crippen MR) is 159 cm³/mol. The number of hydrogen-bond acceptors (Lipinski definition) is 6. The Morgan fingerprint density at radius 3 is 2.55 bits per heavy atom. The lowest BCUT2D eigenvalue weighted by atomic mass is 10.1. The summed E-state index contributed by atoms with van der Waals surface area (Å²) in [6.07, 6.45) is 3.10. The first-order valence-electron chi connectivity index (χ1n) is 13.4. The van der Waals surface area contributed by atoms with Gasteiger partial charge in [0.05, 0.1) is 24.0 Å². The number of pyridine rings is 2. The van der Waals surface area contributed by atoms with Crippen LogP contribution in [0.3, 0.4) is 0 Å². The van der Waals surface area contributed by atoms with Crippen molar-refractivity contribution in [3.05, 3.63) is 69.3 Å². The second kappa shape index (κ2) is 14.1. The van der Waals surface area contributed by atoms with Crippen molar-refractivity contribution in [3.63, 3.8) is 0 Å². The Bertz CT molecular complexity index is 1550. The number of nitrogens with one attached hydrogen (secondary N) is 2. The molecule has 0 aromatic carbocycles. The van der Waals surface area contributed by atoms with Crippen molar-refractivity contribution in [1.29, 1.82) is 0 Å². The smallest absolute Gasteiger partial charge is 0.410 e. The van der Waals surface area contributed by atoms with Crippen molar-refractivity contribution in [3.8, 4) is 0 Å². The van der Waals surface area contributed by atoms with Crippen LogP contribution in [-0.2, 0) is 27.3 Å². The summed E-state index contributed by atoms with van der Waals surface area (Å²) in [5, 5.41) is 2.99. The molecule has 0 saturated heterocycles. The fourth-order valence-corrected chi connectivity index (χ4v) is 4.25. The molecule has 0 unspecified atom stereocenters. The van der Waals surface area contributed by atoms with Crippen LogP contribution in [-0.4, -0.2) is 76.5 Å². The highest BCUT2D eigenvalue weighted by molar-refractivity contribution is 6.29. The summed E-state index contributed by atoms with van der Waals surface area (Å²) < 4.78 is 21.1. The van der Waals surface area contributed by atoms with Crippen LogP contribution in [0.2, 0.25) is 5.15 Å². The van der Waals surface area contributed by atoms with Crippen LogP contribution in [0.4, 0.5) is 14.9 Å². The lowest BCUT2D eigenvalue weighted by molar-refractivity contribution is -0.125. The summed E-state index contributed by atoms with van der Waals surface area (Å²) in [6, 6.07) is 4.41. The molecule has 1 atom stereocenters. The Morgan fingerprint density at radius 1 is 1.19 bits per heavy atom. The van der Waals surface area contributed by atoms with E-state index in [4.69, 9.17) is 16.3 Å². The number of nitrogens with zero attached hydrogens (tertiary/aromatic N) is 4. The molecule has 3 aromatic rings. The molecule has 0 saturated carbocycles. The molecule has 3 heterocycles. The Labute approximate surface area is 248 Å². The van der Waals surface area contributed by atoms with Gasteiger partial charge in [0.2, 0.25) is 5.91 Å². The van der Waals surface area contributed by atoms with Gasteiger partial charge < -0.3 is 24.8 Å². The van der Waals surface area contributed by atoms with Crippen LogP contribution in [0.1, 0.15) is 38.1 Å². The summed E-state index contributed by atoms with van der Waals surface area (Å²) in [5.74, 6) is -1.14. The van der Waals surface area contributed by atoms with Crippen molar-refractivity contribution >= 4 is 46.1 Å². The van der Waals surface area contributed by atoms with E-state index in [9.17, 15) is 23.6 Å². The standard InChI is InChI=1S/C29H36ClFN6O5/c1-17(2)13-22-26-19(20(31)15-32-22)14-18(33-26)16-37-24(30)12-11-21(28(37)40)34-27(39)23(42-29(41)36(5)6)9-7-8-10-25(38)35(3)4/h8,10-12,14-15,17,23,33H,7,9,13,16H2,1-6H3,(H,34,39)/b10-8+/t23-/m0/s1. The monoisotopic (exact) mass is 602 g/mol. The maximum atomic E-state index is 14.5. The summed E-state index contributed by atoms with van der Waals surface area (Å²) >= 11 is 6.35. The van der Waals surface area contributed by atoms with Gasteiger partial charge in [0.25, 0.3) is 11.5 Å². The number of H-pyrrole nitrogens is 1. The number of hydrogen-bond donors (Lipinski definition) is 2. The molecular formula is C29H36ClFN6O5. The van der Waals surface area contributed by atoms with Gasteiger partial charge in [0, 0.05) is 39.3 Å². The van der Waals surface area contributed by atoms with E-state index < -0.39 is 29.5 Å². The molecule has 0 spiro atoms. The molecule has 3 rings (SSSR count). The molecular weight excluding hydrogens is 567 g/mol. The second-order valence-corrected chi connectivity index (χ2v) is 11.1. The van der Waals surface area contributed by atoms with Gasteiger partial charge in [-0.1, -0.05) is 31.5 Å². The van der Waals surface area contributed by atoms with Gasteiger partial charge in [-0.3, -0.25) is 23.9 Å². The van der Waals surface area contributed by atoms with E-state index in [1.165, 1.54) is 52.9 Å².